The van der Waals surface area contributed by atoms with Crippen molar-refractivity contribution in [1.29, 1.82) is 0 Å². The Bertz CT molecular complexity index is 56.4. The molecule has 0 saturated heterocycles. The van der Waals surface area contributed by atoms with Crippen LogP contribution in [0.5, 0.6) is 0 Å². The van der Waals surface area contributed by atoms with Gasteiger partial charge in [-0.15, -0.1) is 0 Å². The highest BCUT2D eigenvalue weighted by molar-refractivity contribution is 4.40. The van der Waals surface area contributed by atoms with Crippen LogP contribution in [0.25, 0.3) is 0 Å². The summed E-state index contributed by atoms with van der Waals surface area (Å²) < 4.78 is 0. The lowest BCUT2D eigenvalue weighted by Gasteiger charge is -2.15. The van der Waals surface area contributed by atoms with Gasteiger partial charge in [0, 0.05) is 6.54 Å². The van der Waals surface area contributed by atoms with E-state index in [-0.39, 0.29) is 0 Å². The molecule has 0 aliphatic carbocycles. The molecular formula is C5H13NO2. The largest absolute Gasteiger partial charge is 0.377 e. The van der Waals surface area contributed by atoms with Crippen LogP contribution in [-0.2, 0) is 0 Å². The van der Waals surface area contributed by atoms with Gasteiger partial charge < -0.3 is 10.3 Å². The first-order valence-electron chi connectivity index (χ1n) is 2.82. The third kappa shape index (κ3) is 2.96. The molecule has 50 valence electrons. The first-order valence-corrected chi connectivity index (χ1v) is 2.82. The quantitative estimate of drug-likeness (QED) is 0.418. The van der Waals surface area contributed by atoms with Gasteiger partial charge in [-0.05, 0) is 13.3 Å². The number of aliphatic hydroxyl groups excluding tert-OH is 1. The highest BCUT2D eigenvalue weighted by atomic mass is 16.5. The van der Waals surface area contributed by atoms with Crippen LogP contribution in [0.3, 0.4) is 0 Å². The van der Waals surface area contributed by atoms with Gasteiger partial charge in [0.1, 0.15) is 6.23 Å². The van der Waals surface area contributed by atoms with Gasteiger partial charge in [-0.1, -0.05) is 6.92 Å². The molecule has 1 unspecified atom stereocenters. The van der Waals surface area contributed by atoms with E-state index in [1.54, 1.807) is 0 Å². The van der Waals surface area contributed by atoms with Crippen LogP contribution in [0.4, 0.5) is 0 Å². The lowest BCUT2D eigenvalue weighted by Crippen LogP contribution is -2.29. The highest BCUT2D eigenvalue weighted by Crippen LogP contribution is 1.89. The first-order chi connectivity index (χ1) is 3.68. The Balaban J connectivity index is 3.17. The minimum Gasteiger partial charge on any atom is -0.377 e. The molecule has 0 heterocycles. The maximum Gasteiger partial charge on any atom is 0.126 e. The van der Waals surface area contributed by atoms with Crippen molar-refractivity contribution >= 4 is 0 Å². The second-order valence-electron chi connectivity index (χ2n) is 1.79. The smallest absolute Gasteiger partial charge is 0.126 e. The number of nitrogens with zero attached hydrogens (tertiary/aromatic N) is 1. The monoisotopic (exact) mass is 119 g/mol. The van der Waals surface area contributed by atoms with Crippen molar-refractivity contribution in [3.63, 3.8) is 0 Å². The molecule has 3 nitrogen and oxygen atoms in total. The molecule has 0 saturated carbocycles. The Morgan fingerprint density at radius 3 is 2.25 bits per heavy atom. The fourth-order valence-electron chi connectivity index (χ4n) is 0.416. The number of hydrogen-bond donors (Lipinski definition) is 2. The van der Waals surface area contributed by atoms with E-state index in [0.29, 0.717) is 6.54 Å². The lowest BCUT2D eigenvalue weighted by molar-refractivity contribution is -0.188. The van der Waals surface area contributed by atoms with Gasteiger partial charge in [-0.25, -0.2) is 0 Å². The Kier molecular flexibility index (Phi) is 3.77. The standard InChI is InChI=1S/C5H13NO2/c1-3-4-6(8)5(2)7/h5,7-8H,3-4H2,1-2H3. The van der Waals surface area contributed by atoms with Crippen molar-refractivity contribution in [2.45, 2.75) is 26.5 Å². The van der Waals surface area contributed by atoms with E-state index in [9.17, 15) is 0 Å². The summed E-state index contributed by atoms with van der Waals surface area (Å²) in [6.45, 7) is 3.99. The lowest BCUT2D eigenvalue weighted by atomic mass is 10.4. The van der Waals surface area contributed by atoms with Gasteiger partial charge in [0.2, 0.25) is 0 Å². The van der Waals surface area contributed by atoms with Crippen molar-refractivity contribution in [2.75, 3.05) is 6.54 Å². The van der Waals surface area contributed by atoms with E-state index in [0.717, 1.165) is 11.5 Å². The van der Waals surface area contributed by atoms with E-state index in [2.05, 4.69) is 0 Å². The van der Waals surface area contributed by atoms with Crippen LogP contribution >= 0.6 is 0 Å². The molecule has 0 fully saturated rings. The van der Waals surface area contributed by atoms with E-state index in [1.165, 1.54) is 6.92 Å². The minimum atomic E-state index is -0.741. The number of hydroxylamine groups is 2. The van der Waals surface area contributed by atoms with E-state index >= 15 is 0 Å². The molecule has 0 aliphatic heterocycles. The number of rotatable bonds is 3. The Morgan fingerprint density at radius 1 is 1.62 bits per heavy atom. The van der Waals surface area contributed by atoms with Crippen molar-refractivity contribution in [3.8, 4) is 0 Å². The maximum atomic E-state index is 8.71. The molecule has 0 bridgehead atoms. The molecule has 8 heavy (non-hydrogen) atoms. The SMILES string of the molecule is CCCN(O)C(C)O. The summed E-state index contributed by atoms with van der Waals surface area (Å²) >= 11 is 0. The summed E-state index contributed by atoms with van der Waals surface area (Å²) in [7, 11) is 0. The van der Waals surface area contributed by atoms with Crippen LogP contribution in [-0.4, -0.2) is 28.1 Å². The van der Waals surface area contributed by atoms with Crippen LogP contribution in [0, 0.1) is 0 Å². The molecule has 0 spiro atoms. The van der Waals surface area contributed by atoms with Gasteiger partial charge in [0.05, 0.1) is 0 Å². The zero-order valence-electron chi connectivity index (χ0n) is 5.33. The molecule has 0 aliphatic rings. The summed E-state index contributed by atoms with van der Waals surface area (Å²) in [4.78, 5) is 0. The molecule has 2 N–H and O–H groups in total. The van der Waals surface area contributed by atoms with Crippen molar-refractivity contribution in [2.24, 2.45) is 0 Å². The first kappa shape index (κ1) is 7.88. The number of hydrogen-bond acceptors (Lipinski definition) is 3. The molecule has 0 radical (unpaired) electrons. The fraction of sp³-hybridized carbons (Fsp3) is 1.00. The molecule has 0 aromatic heterocycles. The molecule has 3 heteroatoms. The van der Waals surface area contributed by atoms with Crippen molar-refractivity contribution in [3.05, 3.63) is 0 Å². The number of aliphatic hydroxyl groups is 1. The van der Waals surface area contributed by atoms with Crippen molar-refractivity contribution < 1.29 is 10.3 Å². The Labute approximate surface area is 49.5 Å². The van der Waals surface area contributed by atoms with E-state index in [4.69, 9.17) is 10.3 Å². The van der Waals surface area contributed by atoms with Gasteiger partial charge in [0.15, 0.2) is 0 Å². The predicted molar refractivity (Wildman–Crippen MR) is 30.5 cm³/mol. The Morgan fingerprint density at radius 2 is 2.12 bits per heavy atom. The average molecular weight is 119 g/mol. The molecule has 0 aromatic rings. The molecular weight excluding hydrogens is 106 g/mol. The third-order valence-corrected chi connectivity index (χ3v) is 0.884. The third-order valence-electron chi connectivity index (χ3n) is 0.884. The minimum absolute atomic E-state index is 0.525. The van der Waals surface area contributed by atoms with E-state index in [1.807, 2.05) is 6.92 Å². The molecule has 0 rings (SSSR count). The summed E-state index contributed by atoms with van der Waals surface area (Å²) in [6.07, 6.45) is 0.108. The van der Waals surface area contributed by atoms with Crippen molar-refractivity contribution in [1.82, 2.24) is 5.06 Å². The summed E-state index contributed by atoms with van der Waals surface area (Å²) in [5.74, 6) is 0. The zero-order valence-corrected chi connectivity index (χ0v) is 5.33. The topological polar surface area (TPSA) is 43.7 Å². The second kappa shape index (κ2) is 3.83. The Hall–Kier alpha value is -0.120. The normalized spacial score (nSPS) is 14.6. The average Bonchev–Trinajstić information content (AvgIpc) is 1.67. The highest BCUT2D eigenvalue weighted by Gasteiger charge is 2.02. The van der Waals surface area contributed by atoms with Crippen LogP contribution in [0.1, 0.15) is 20.3 Å². The summed E-state index contributed by atoms with van der Waals surface area (Å²) in [6, 6.07) is 0. The van der Waals surface area contributed by atoms with E-state index < -0.39 is 6.23 Å². The van der Waals surface area contributed by atoms with Crippen LogP contribution in [0.2, 0.25) is 0 Å². The molecule has 0 aromatic carbocycles. The van der Waals surface area contributed by atoms with Gasteiger partial charge in [0.25, 0.3) is 0 Å². The summed E-state index contributed by atoms with van der Waals surface area (Å²) in [5.41, 5.74) is 0. The summed E-state index contributed by atoms with van der Waals surface area (Å²) in [5, 5.41) is 18.2. The van der Waals surface area contributed by atoms with Crippen LogP contribution < -0.4 is 0 Å². The van der Waals surface area contributed by atoms with Gasteiger partial charge in [-0.2, -0.15) is 5.06 Å². The fourth-order valence-corrected chi connectivity index (χ4v) is 0.416. The zero-order chi connectivity index (χ0) is 6.57. The molecule has 0 amide bonds. The van der Waals surface area contributed by atoms with Gasteiger partial charge >= 0.3 is 0 Å². The van der Waals surface area contributed by atoms with Crippen LogP contribution in [0.15, 0.2) is 0 Å². The van der Waals surface area contributed by atoms with Gasteiger partial charge in [-0.3, -0.25) is 0 Å². The maximum absolute atomic E-state index is 8.71. The second-order valence-corrected chi connectivity index (χ2v) is 1.79. The molecule has 1 atom stereocenters. The predicted octanol–water partition coefficient (Wildman–Crippen LogP) is 0.426.